The van der Waals surface area contributed by atoms with E-state index in [9.17, 15) is 8.42 Å². The number of nitrogens with two attached hydrogens (primary N) is 1. The van der Waals surface area contributed by atoms with Crippen molar-refractivity contribution in [3.63, 3.8) is 0 Å². The average Bonchev–Trinajstić information content (AvgIpc) is 3.08. The third-order valence-corrected chi connectivity index (χ3v) is 5.21. The fourth-order valence-corrected chi connectivity index (χ4v) is 3.73. The molecule has 0 fully saturated rings. The molecular formula is C21H17N3O2S. The molecule has 0 unspecified atom stereocenters. The van der Waals surface area contributed by atoms with Crippen molar-refractivity contribution < 1.29 is 8.42 Å². The van der Waals surface area contributed by atoms with Gasteiger partial charge in [-0.25, -0.2) is 18.5 Å². The topological polar surface area (TPSA) is 88.8 Å². The first-order valence-corrected chi connectivity index (χ1v) is 9.90. The van der Waals surface area contributed by atoms with Gasteiger partial charge in [0.05, 0.1) is 15.9 Å². The number of primary sulfonamides is 1. The molecule has 3 aromatic carbocycles. The molecule has 3 N–H and O–H groups in total. The summed E-state index contributed by atoms with van der Waals surface area (Å²) in [5.41, 5.74) is 4.02. The van der Waals surface area contributed by atoms with Crippen LogP contribution in [0, 0.1) is 0 Å². The highest BCUT2D eigenvalue weighted by Crippen LogP contribution is 2.28. The van der Waals surface area contributed by atoms with Crippen LogP contribution >= 0.6 is 0 Å². The number of aromatic nitrogens is 2. The number of rotatable bonds is 4. The van der Waals surface area contributed by atoms with Crippen LogP contribution < -0.4 is 5.14 Å². The average molecular weight is 375 g/mol. The van der Waals surface area contributed by atoms with E-state index in [4.69, 9.17) is 5.14 Å². The fraction of sp³-hybridized carbons (Fsp3) is 0. The number of imidazole rings is 1. The molecule has 6 heteroatoms. The fourth-order valence-electron chi connectivity index (χ4n) is 2.96. The van der Waals surface area contributed by atoms with Crippen LogP contribution in [0.5, 0.6) is 0 Å². The number of aromatic amines is 1. The molecule has 5 nitrogen and oxygen atoms in total. The summed E-state index contributed by atoms with van der Waals surface area (Å²) in [6.45, 7) is 0. The maximum atomic E-state index is 11.9. The number of nitrogens with zero attached hydrogens (tertiary/aromatic N) is 1. The zero-order valence-corrected chi connectivity index (χ0v) is 15.1. The SMILES string of the molecule is NS(=O)(=O)c1ccccc1-c1ccc2[nH]c(C=Cc3ccccc3)nc2c1. The molecule has 0 saturated heterocycles. The lowest BCUT2D eigenvalue weighted by molar-refractivity contribution is 0.598. The van der Waals surface area contributed by atoms with Crippen molar-refractivity contribution in [2.75, 3.05) is 0 Å². The lowest BCUT2D eigenvalue weighted by Crippen LogP contribution is -2.13. The van der Waals surface area contributed by atoms with Gasteiger partial charge in [-0.05, 0) is 35.4 Å². The van der Waals surface area contributed by atoms with Gasteiger partial charge < -0.3 is 4.98 Å². The van der Waals surface area contributed by atoms with E-state index in [1.165, 1.54) is 6.07 Å². The number of hydrogen-bond donors (Lipinski definition) is 2. The third kappa shape index (κ3) is 3.67. The van der Waals surface area contributed by atoms with Gasteiger partial charge in [0.15, 0.2) is 0 Å². The van der Waals surface area contributed by atoms with Crippen molar-refractivity contribution in [3.05, 3.63) is 84.2 Å². The highest BCUT2D eigenvalue weighted by atomic mass is 32.2. The Bertz CT molecular complexity index is 1240. The first kappa shape index (κ1) is 17.2. The first-order valence-electron chi connectivity index (χ1n) is 8.36. The molecule has 4 rings (SSSR count). The van der Waals surface area contributed by atoms with Crippen LogP contribution in [0.3, 0.4) is 0 Å². The van der Waals surface area contributed by atoms with Crippen molar-refractivity contribution in [2.24, 2.45) is 5.14 Å². The van der Waals surface area contributed by atoms with E-state index in [2.05, 4.69) is 9.97 Å². The van der Waals surface area contributed by atoms with Gasteiger partial charge in [-0.15, -0.1) is 0 Å². The molecule has 4 aromatic rings. The molecule has 134 valence electrons. The van der Waals surface area contributed by atoms with Crippen LogP contribution in [0.4, 0.5) is 0 Å². The molecule has 1 aromatic heterocycles. The van der Waals surface area contributed by atoms with Crippen molar-refractivity contribution in [2.45, 2.75) is 4.90 Å². The molecule has 0 aliphatic carbocycles. The molecule has 1 heterocycles. The molecule has 27 heavy (non-hydrogen) atoms. The Balaban J connectivity index is 1.73. The number of nitrogens with one attached hydrogen (secondary N) is 1. The molecular weight excluding hydrogens is 358 g/mol. The summed E-state index contributed by atoms with van der Waals surface area (Å²) in [4.78, 5) is 7.93. The van der Waals surface area contributed by atoms with Gasteiger partial charge in [-0.1, -0.05) is 60.7 Å². The highest BCUT2D eigenvalue weighted by Gasteiger charge is 2.15. The summed E-state index contributed by atoms with van der Waals surface area (Å²) >= 11 is 0. The van der Waals surface area contributed by atoms with Gasteiger partial charge in [0, 0.05) is 5.56 Å². The lowest BCUT2D eigenvalue weighted by atomic mass is 10.1. The van der Waals surface area contributed by atoms with E-state index < -0.39 is 10.0 Å². The Labute approximate surface area is 157 Å². The minimum Gasteiger partial charge on any atom is -0.338 e. The van der Waals surface area contributed by atoms with Gasteiger partial charge >= 0.3 is 0 Å². The molecule has 0 radical (unpaired) electrons. The van der Waals surface area contributed by atoms with Gasteiger partial charge in [0.2, 0.25) is 10.0 Å². The van der Waals surface area contributed by atoms with Gasteiger partial charge in [0.25, 0.3) is 0 Å². The Morgan fingerprint density at radius 1 is 0.889 bits per heavy atom. The number of fused-ring (bicyclic) bond motifs is 1. The molecule has 0 spiro atoms. The van der Waals surface area contributed by atoms with Crippen LogP contribution in [-0.2, 0) is 10.0 Å². The zero-order valence-electron chi connectivity index (χ0n) is 14.3. The summed E-state index contributed by atoms with van der Waals surface area (Å²) < 4.78 is 23.7. The second-order valence-corrected chi connectivity index (χ2v) is 7.67. The van der Waals surface area contributed by atoms with E-state index in [1.807, 2.05) is 60.7 Å². The molecule has 0 aliphatic heterocycles. The Hall–Kier alpha value is -3.22. The Morgan fingerprint density at radius 2 is 1.63 bits per heavy atom. The minimum absolute atomic E-state index is 0.101. The molecule has 0 atom stereocenters. The van der Waals surface area contributed by atoms with Crippen LogP contribution in [0.1, 0.15) is 11.4 Å². The van der Waals surface area contributed by atoms with E-state index in [0.29, 0.717) is 5.56 Å². The summed E-state index contributed by atoms with van der Waals surface area (Å²) in [7, 11) is -3.81. The van der Waals surface area contributed by atoms with E-state index >= 15 is 0 Å². The summed E-state index contributed by atoms with van der Waals surface area (Å²) in [5.74, 6) is 0.728. The van der Waals surface area contributed by atoms with Crippen LogP contribution in [0.2, 0.25) is 0 Å². The highest BCUT2D eigenvalue weighted by molar-refractivity contribution is 7.89. The summed E-state index contributed by atoms with van der Waals surface area (Å²) in [6, 6.07) is 22.2. The van der Waals surface area contributed by atoms with Crippen molar-refractivity contribution in [3.8, 4) is 11.1 Å². The third-order valence-electron chi connectivity index (χ3n) is 4.24. The molecule has 0 bridgehead atoms. The maximum absolute atomic E-state index is 11.9. The van der Waals surface area contributed by atoms with E-state index in [1.54, 1.807) is 18.2 Å². The normalized spacial score (nSPS) is 12.0. The number of hydrogen-bond acceptors (Lipinski definition) is 3. The monoisotopic (exact) mass is 375 g/mol. The minimum atomic E-state index is -3.81. The molecule has 0 amide bonds. The Morgan fingerprint density at radius 3 is 2.41 bits per heavy atom. The molecule has 0 saturated carbocycles. The number of benzene rings is 3. The smallest absolute Gasteiger partial charge is 0.238 e. The van der Waals surface area contributed by atoms with Crippen molar-refractivity contribution >= 4 is 33.2 Å². The molecule has 0 aliphatic rings. The predicted octanol–water partition coefficient (Wildman–Crippen LogP) is 4.05. The number of sulfonamides is 1. The summed E-state index contributed by atoms with van der Waals surface area (Å²) in [5, 5.41) is 5.35. The van der Waals surface area contributed by atoms with Gasteiger partial charge in [-0.3, -0.25) is 0 Å². The predicted molar refractivity (Wildman–Crippen MR) is 108 cm³/mol. The van der Waals surface area contributed by atoms with Crippen LogP contribution in [0.25, 0.3) is 34.3 Å². The Kier molecular flexibility index (Phi) is 4.35. The zero-order chi connectivity index (χ0) is 18.9. The second kappa shape index (κ2) is 6.83. The van der Waals surface area contributed by atoms with Crippen LogP contribution in [0.15, 0.2) is 77.7 Å². The van der Waals surface area contributed by atoms with E-state index in [-0.39, 0.29) is 4.90 Å². The van der Waals surface area contributed by atoms with Gasteiger partial charge in [0.1, 0.15) is 5.82 Å². The first-order chi connectivity index (χ1) is 13.0. The van der Waals surface area contributed by atoms with E-state index in [0.717, 1.165) is 28.0 Å². The number of H-pyrrole nitrogens is 1. The summed E-state index contributed by atoms with van der Waals surface area (Å²) in [6.07, 6.45) is 3.89. The largest absolute Gasteiger partial charge is 0.338 e. The van der Waals surface area contributed by atoms with Gasteiger partial charge in [-0.2, -0.15) is 0 Å². The second-order valence-electron chi connectivity index (χ2n) is 6.14. The maximum Gasteiger partial charge on any atom is 0.238 e. The quantitative estimate of drug-likeness (QED) is 0.564. The lowest BCUT2D eigenvalue weighted by Gasteiger charge is -2.07. The van der Waals surface area contributed by atoms with Crippen molar-refractivity contribution in [1.29, 1.82) is 0 Å². The van der Waals surface area contributed by atoms with Crippen molar-refractivity contribution in [1.82, 2.24) is 9.97 Å². The standard InChI is InChI=1S/C21H17N3O2S/c22-27(25,26)20-9-5-4-8-17(20)16-11-12-18-19(14-16)24-21(23-18)13-10-15-6-2-1-3-7-15/h1-14H,(H,23,24)(H2,22,25,26). The van der Waals surface area contributed by atoms with Crippen LogP contribution in [-0.4, -0.2) is 18.4 Å².